The summed E-state index contributed by atoms with van der Waals surface area (Å²) in [7, 11) is 0. The van der Waals surface area contributed by atoms with Gasteiger partial charge in [0.25, 0.3) is 0 Å². The van der Waals surface area contributed by atoms with E-state index in [1.165, 1.54) is 0 Å². The number of rotatable bonds is 6. The van der Waals surface area contributed by atoms with Gasteiger partial charge in [0.15, 0.2) is 0 Å². The lowest BCUT2D eigenvalue weighted by Gasteiger charge is -2.41. The summed E-state index contributed by atoms with van der Waals surface area (Å²) in [5, 5.41) is 11.2. The second-order valence-corrected chi connectivity index (χ2v) is 8.24. The van der Waals surface area contributed by atoms with Crippen LogP contribution in [0.25, 0.3) is 0 Å². The van der Waals surface area contributed by atoms with Crippen molar-refractivity contribution in [3.63, 3.8) is 0 Å². The van der Waals surface area contributed by atoms with Crippen molar-refractivity contribution in [3.8, 4) is 0 Å². The summed E-state index contributed by atoms with van der Waals surface area (Å²) in [6, 6.07) is 28.9. The molecule has 1 saturated heterocycles. The average molecular weight is 416 g/mol. The molecule has 0 spiro atoms. The molecule has 3 aromatic rings. The molecular formula is C27H29NO3. The Morgan fingerprint density at radius 2 is 1.32 bits per heavy atom. The smallest absolute Gasteiger partial charge is 0.328 e. The highest BCUT2D eigenvalue weighted by molar-refractivity contribution is 5.78. The van der Waals surface area contributed by atoms with E-state index in [9.17, 15) is 9.90 Å². The van der Waals surface area contributed by atoms with Crippen LogP contribution >= 0.6 is 0 Å². The molecule has 4 heteroatoms. The van der Waals surface area contributed by atoms with Gasteiger partial charge in [0.05, 0.1) is 5.60 Å². The van der Waals surface area contributed by atoms with Crippen LogP contribution in [-0.4, -0.2) is 29.1 Å². The Hall–Kier alpha value is -2.95. The van der Waals surface area contributed by atoms with E-state index in [4.69, 9.17) is 4.74 Å². The van der Waals surface area contributed by atoms with Gasteiger partial charge < -0.3 is 9.84 Å². The molecular weight excluding hydrogens is 386 g/mol. The first-order valence-corrected chi connectivity index (χ1v) is 10.9. The van der Waals surface area contributed by atoms with E-state index in [-0.39, 0.29) is 12.1 Å². The Morgan fingerprint density at radius 3 is 1.87 bits per heavy atom. The summed E-state index contributed by atoms with van der Waals surface area (Å²) in [5.41, 5.74) is 1.96. The SMILES string of the molecule is C[C@H](OC(=O)[C@@H](c1ccccc1)N1CCC(O)(c2ccccc2)CC1)c1ccccc1. The van der Waals surface area contributed by atoms with Crippen molar-refractivity contribution >= 4 is 5.97 Å². The molecule has 1 aliphatic heterocycles. The minimum absolute atomic E-state index is 0.257. The second kappa shape index (κ2) is 9.46. The van der Waals surface area contributed by atoms with Crippen LogP contribution < -0.4 is 0 Å². The number of hydrogen-bond acceptors (Lipinski definition) is 4. The van der Waals surface area contributed by atoms with Crippen LogP contribution in [0.5, 0.6) is 0 Å². The molecule has 31 heavy (non-hydrogen) atoms. The molecule has 0 aromatic heterocycles. The van der Waals surface area contributed by atoms with Crippen molar-refractivity contribution < 1.29 is 14.6 Å². The molecule has 1 aliphatic rings. The Balaban J connectivity index is 1.52. The fraction of sp³-hybridized carbons (Fsp3) is 0.296. The van der Waals surface area contributed by atoms with Crippen molar-refractivity contribution in [3.05, 3.63) is 108 Å². The predicted molar refractivity (Wildman–Crippen MR) is 121 cm³/mol. The van der Waals surface area contributed by atoms with E-state index in [0.29, 0.717) is 25.9 Å². The minimum atomic E-state index is -0.861. The van der Waals surface area contributed by atoms with Gasteiger partial charge in [0.2, 0.25) is 0 Å². The Morgan fingerprint density at radius 1 is 0.839 bits per heavy atom. The van der Waals surface area contributed by atoms with Crippen LogP contribution in [0.1, 0.15) is 48.6 Å². The quantitative estimate of drug-likeness (QED) is 0.575. The molecule has 0 unspecified atom stereocenters. The molecule has 1 fully saturated rings. The number of aliphatic hydroxyl groups is 1. The first-order valence-electron chi connectivity index (χ1n) is 10.9. The van der Waals surface area contributed by atoms with E-state index < -0.39 is 11.6 Å². The van der Waals surface area contributed by atoms with Gasteiger partial charge in [-0.2, -0.15) is 0 Å². The van der Waals surface area contributed by atoms with Crippen molar-refractivity contribution in [2.24, 2.45) is 0 Å². The third-order valence-corrected chi connectivity index (χ3v) is 6.20. The summed E-state index contributed by atoms with van der Waals surface area (Å²) in [6.07, 6.45) is 0.815. The topological polar surface area (TPSA) is 49.8 Å². The van der Waals surface area contributed by atoms with E-state index in [1.54, 1.807) is 0 Å². The first kappa shape index (κ1) is 21.3. The third kappa shape index (κ3) is 4.87. The van der Waals surface area contributed by atoms with Gasteiger partial charge in [-0.1, -0.05) is 91.0 Å². The normalized spacial score (nSPS) is 18.1. The Labute approximate surface area is 184 Å². The van der Waals surface area contributed by atoms with Gasteiger partial charge in [0.1, 0.15) is 12.1 Å². The molecule has 160 valence electrons. The maximum Gasteiger partial charge on any atom is 0.328 e. The van der Waals surface area contributed by atoms with Crippen molar-refractivity contribution in [2.45, 2.75) is 37.5 Å². The van der Waals surface area contributed by atoms with E-state index in [1.807, 2.05) is 97.9 Å². The largest absolute Gasteiger partial charge is 0.456 e. The van der Waals surface area contributed by atoms with Crippen LogP contribution in [-0.2, 0) is 15.1 Å². The van der Waals surface area contributed by atoms with Crippen LogP contribution in [0.3, 0.4) is 0 Å². The van der Waals surface area contributed by atoms with Gasteiger partial charge in [-0.05, 0) is 36.5 Å². The monoisotopic (exact) mass is 415 g/mol. The number of carbonyl (C=O) groups is 1. The molecule has 0 saturated carbocycles. The number of ether oxygens (including phenoxy) is 1. The molecule has 2 atom stereocenters. The average Bonchev–Trinajstić information content (AvgIpc) is 2.82. The zero-order valence-electron chi connectivity index (χ0n) is 17.9. The lowest BCUT2D eigenvalue weighted by molar-refractivity contribution is -0.157. The van der Waals surface area contributed by atoms with E-state index in [0.717, 1.165) is 16.7 Å². The lowest BCUT2D eigenvalue weighted by atomic mass is 9.83. The number of carbonyl (C=O) groups excluding carboxylic acids is 1. The number of benzene rings is 3. The highest BCUT2D eigenvalue weighted by atomic mass is 16.5. The Kier molecular flexibility index (Phi) is 6.50. The third-order valence-electron chi connectivity index (χ3n) is 6.20. The molecule has 0 radical (unpaired) electrons. The number of nitrogens with zero attached hydrogens (tertiary/aromatic N) is 1. The number of esters is 1. The number of piperidine rings is 1. The molecule has 0 amide bonds. The highest BCUT2D eigenvalue weighted by Crippen LogP contribution is 2.36. The highest BCUT2D eigenvalue weighted by Gasteiger charge is 2.39. The van der Waals surface area contributed by atoms with E-state index in [2.05, 4.69) is 4.90 Å². The summed E-state index contributed by atoms with van der Waals surface area (Å²) in [6.45, 7) is 3.12. The molecule has 3 aromatic carbocycles. The van der Waals surface area contributed by atoms with Crippen LogP contribution in [0.15, 0.2) is 91.0 Å². The molecule has 1 N–H and O–H groups in total. The second-order valence-electron chi connectivity index (χ2n) is 8.24. The van der Waals surface area contributed by atoms with Gasteiger partial charge in [0, 0.05) is 13.1 Å². The molecule has 0 aliphatic carbocycles. The molecule has 0 bridgehead atoms. The standard InChI is InChI=1S/C27H29NO3/c1-21(22-11-5-2-6-12-22)31-26(29)25(23-13-7-3-8-14-23)28-19-17-27(30,18-20-28)24-15-9-4-10-16-24/h2-16,21,25,30H,17-20H2,1H3/t21-,25+/m0/s1. The van der Waals surface area contributed by atoms with Crippen molar-refractivity contribution in [1.82, 2.24) is 4.90 Å². The summed E-state index contributed by atoms with van der Waals surface area (Å²) in [5.74, 6) is -0.257. The van der Waals surface area contributed by atoms with E-state index >= 15 is 0 Å². The lowest BCUT2D eigenvalue weighted by Crippen LogP contribution is -2.46. The predicted octanol–water partition coefficient (Wildman–Crippen LogP) is 5.02. The van der Waals surface area contributed by atoms with Crippen LogP contribution in [0.2, 0.25) is 0 Å². The fourth-order valence-corrected chi connectivity index (χ4v) is 4.35. The van der Waals surface area contributed by atoms with Gasteiger partial charge >= 0.3 is 5.97 Å². The molecule has 1 heterocycles. The number of hydrogen-bond donors (Lipinski definition) is 1. The van der Waals surface area contributed by atoms with Gasteiger partial charge in [-0.3, -0.25) is 4.90 Å². The van der Waals surface area contributed by atoms with Crippen molar-refractivity contribution in [2.75, 3.05) is 13.1 Å². The molecule has 4 rings (SSSR count). The fourth-order valence-electron chi connectivity index (χ4n) is 4.35. The van der Waals surface area contributed by atoms with Gasteiger partial charge in [-0.25, -0.2) is 4.79 Å². The molecule has 4 nitrogen and oxygen atoms in total. The van der Waals surface area contributed by atoms with Crippen molar-refractivity contribution in [1.29, 1.82) is 0 Å². The minimum Gasteiger partial charge on any atom is -0.456 e. The van der Waals surface area contributed by atoms with Crippen LogP contribution in [0.4, 0.5) is 0 Å². The Bertz CT molecular complexity index is 967. The zero-order valence-corrected chi connectivity index (χ0v) is 17.9. The number of likely N-dealkylation sites (tertiary alicyclic amines) is 1. The zero-order chi connectivity index (χ0) is 21.7. The summed E-state index contributed by atoms with van der Waals surface area (Å²) < 4.78 is 5.90. The maximum atomic E-state index is 13.3. The van der Waals surface area contributed by atoms with Gasteiger partial charge in [-0.15, -0.1) is 0 Å². The summed E-state index contributed by atoms with van der Waals surface area (Å²) >= 11 is 0. The van der Waals surface area contributed by atoms with Crippen LogP contribution in [0, 0.1) is 0 Å². The maximum absolute atomic E-state index is 13.3. The summed E-state index contributed by atoms with van der Waals surface area (Å²) in [4.78, 5) is 15.5. The first-order chi connectivity index (χ1) is 15.1.